The lowest BCUT2D eigenvalue weighted by atomic mass is 10.1. The Bertz CT molecular complexity index is 1330. The quantitative estimate of drug-likeness (QED) is 0.694. The molecule has 9 nitrogen and oxygen atoms in total. The molecule has 170 valence electrons. The molecule has 0 saturated heterocycles. The number of hydrogen-bond donors (Lipinski definition) is 2. The zero-order chi connectivity index (χ0) is 23.6. The molecule has 0 aliphatic carbocycles. The van der Waals surface area contributed by atoms with Crippen LogP contribution in [0.2, 0.25) is 0 Å². The van der Waals surface area contributed by atoms with Crippen LogP contribution in [-0.2, 0) is 14.8 Å². The van der Waals surface area contributed by atoms with Gasteiger partial charge in [0.1, 0.15) is 17.4 Å². The Morgan fingerprint density at radius 1 is 1.09 bits per heavy atom. The highest BCUT2D eigenvalue weighted by Gasteiger charge is 2.25. The predicted molar refractivity (Wildman–Crippen MR) is 121 cm³/mol. The lowest BCUT2D eigenvalue weighted by molar-refractivity contribution is -0.112. The summed E-state index contributed by atoms with van der Waals surface area (Å²) in [7, 11) is -2.05. The Labute approximate surface area is 189 Å². The average molecular weight is 470 g/mol. The van der Waals surface area contributed by atoms with E-state index in [1.807, 2.05) is 0 Å². The molecule has 33 heavy (non-hydrogen) atoms. The summed E-state index contributed by atoms with van der Waals surface area (Å²) in [6.45, 7) is 0.196. The highest BCUT2D eigenvalue weighted by atomic mass is 32.2. The fourth-order valence-electron chi connectivity index (χ4n) is 3.25. The second-order valence-corrected chi connectivity index (χ2v) is 8.94. The molecular formula is C22H19FN4O5S. The first kappa shape index (κ1) is 22.2. The van der Waals surface area contributed by atoms with E-state index in [9.17, 15) is 22.4 Å². The SMILES string of the molecule is COc1ccc(NC(=O)C2=CN3CCS(=O)(=O)N=C3C=C2)cc1NC(=O)c1cccc(F)c1. The minimum Gasteiger partial charge on any atom is -0.495 e. The highest BCUT2D eigenvalue weighted by Crippen LogP contribution is 2.29. The molecule has 2 N–H and O–H groups in total. The lowest BCUT2D eigenvalue weighted by Crippen LogP contribution is -2.37. The summed E-state index contributed by atoms with van der Waals surface area (Å²) in [6, 6.07) is 9.93. The summed E-state index contributed by atoms with van der Waals surface area (Å²) in [5.74, 6) is -1.05. The number of methoxy groups -OCH3 is 1. The third-order valence-electron chi connectivity index (χ3n) is 4.88. The Kier molecular flexibility index (Phi) is 5.97. The first-order valence-electron chi connectivity index (χ1n) is 9.79. The topological polar surface area (TPSA) is 117 Å². The van der Waals surface area contributed by atoms with Gasteiger partial charge in [0.15, 0.2) is 0 Å². The first-order chi connectivity index (χ1) is 15.7. The number of benzene rings is 2. The molecule has 0 spiro atoms. The Morgan fingerprint density at radius 2 is 1.91 bits per heavy atom. The van der Waals surface area contributed by atoms with Crippen LogP contribution in [0.3, 0.4) is 0 Å². The maximum atomic E-state index is 13.4. The van der Waals surface area contributed by atoms with E-state index < -0.39 is 27.7 Å². The molecule has 0 saturated carbocycles. The minimum absolute atomic E-state index is 0.130. The number of sulfonamides is 1. The molecule has 2 aliphatic heterocycles. The van der Waals surface area contributed by atoms with Gasteiger partial charge in [0.2, 0.25) is 0 Å². The number of hydrogen-bond acceptors (Lipinski definition) is 6. The van der Waals surface area contributed by atoms with Crippen LogP contribution >= 0.6 is 0 Å². The van der Waals surface area contributed by atoms with Gasteiger partial charge in [-0.25, -0.2) is 12.8 Å². The van der Waals surface area contributed by atoms with Gasteiger partial charge in [0.05, 0.1) is 24.1 Å². The number of rotatable bonds is 5. The summed E-state index contributed by atoms with van der Waals surface area (Å²) in [6.07, 6.45) is 4.46. The number of anilines is 2. The number of halogens is 1. The van der Waals surface area contributed by atoms with E-state index in [-0.39, 0.29) is 29.4 Å². The molecule has 0 fully saturated rings. The minimum atomic E-state index is -3.49. The van der Waals surface area contributed by atoms with Crippen molar-refractivity contribution in [2.24, 2.45) is 4.40 Å². The van der Waals surface area contributed by atoms with E-state index in [0.717, 1.165) is 6.07 Å². The number of ether oxygens (including phenoxy) is 1. The van der Waals surface area contributed by atoms with Crippen molar-refractivity contribution in [2.75, 3.05) is 30.0 Å². The third kappa shape index (κ3) is 5.09. The van der Waals surface area contributed by atoms with Crippen molar-refractivity contribution in [3.63, 3.8) is 0 Å². The van der Waals surface area contributed by atoms with Crippen molar-refractivity contribution in [1.82, 2.24) is 4.90 Å². The number of fused-ring (bicyclic) bond motifs is 1. The molecule has 2 aromatic carbocycles. The van der Waals surface area contributed by atoms with Crippen LogP contribution in [0.25, 0.3) is 0 Å². The van der Waals surface area contributed by atoms with E-state index in [2.05, 4.69) is 15.0 Å². The molecule has 4 rings (SSSR count). The molecule has 0 unspecified atom stereocenters. The van der Waals surface area contributed by atoms with Gasteiger partial charge >= 0.3 is 0 Å². The van der Waals surface area contributed by atoms with Crippen molar-refractivity contribution in [3.05, 3.63) is 77.8 Å². The Morgan fingerprint density at radius 3 is 2.67 bits per heavy atom. The van der Waals surface area contributed by atoms with Crippen LogP contribution in [0.1, 0.15) is 10.4 Å². The van der Waals surface area contributed by atoms with E-state index in [1.165, 1.54) is 49.7 Å². The molecule has 0 aromatic heterocycles. The fourth-order valence-corrected chi connectivity index (χ4v) is 4.22. The van der Waals surface area contributed by atoms with E-state index in [4.69, 9.17) is 4.74 Å². The maximum Gasteiger partial charge on any atom is 0.257 e. The molecule has 0 atom stereocenters. The molecule has 2 aliphatic rings. The van der Waals surface area contributed by atoms with E-state index in [0.29, 0.717) is 17.0 Å². The van der Waals surface area contributed by atoms with Gasteiger partial charge in [-0.05, 0) is 48.6 Å². The summed E-state index contributed by atoms with van der Waals surface area (Å²) in [5.41, 5.74) is 1.10. The third-order valence-corrected chi connectivity index (χ3v) is 6.04. The second kappa shape index (κ2) is 8.87. The number of nitrogens with zero attached hydrogens (tertiary/aromatic N) is 2. The van der Waals surface area contributed by atoms with Crippen LogP contribution in [0.15, 0.2) is 70.8 Å². The van der Waals surface area contributed by atoms with Crippen LogP contribution in [-0.4, -0.2) is 50.4 Å². The maximum absolute atomic E-state index is 13.4. The second-order valence-electron chi connectivity index (χ2n) is 7.18. The lowest BCUT2D eigenvalue weighted by Gasteiger charge is -2.27. The number of carbonyl (C=O) groups is 2. The zero-order valence-corrected chi connectivity index (χ0v) is 18.2. The van der Waals surface area contributed by atoms with Crippen LogP contribution in [0, 0.1) is 5.82 Å². The number of nitrogens with one attached hydrogen (secondary N) is 2. The average Bonchev–Trinajstić information content (AvgIpc) is 2.78. The molecule has 11 heteroatoms. The van der Waals surface area contributed by atoms with Crippen molar-refractivity contribution in [3.8, 4) is 5.75 Å². The van der Waals surface area contributed by atoms with Crippen molar-refractivity contribution >= 4 is 39.0 Å². The van der Waals surface area contributed by atoms with Gasteiger partial charge < -0.3 is 20.3 Å². The zero-order valence-electron chi connectivity index (χ0n) is 17.4. The monoisotopic (exact) mass is 470 g/mol. The molecule has 2 amide bonds. The van der Waals surface area contributed by atoms with Gasteiger partial charge in [-0.1, -0.05) is 6.07 Å². The molecule has 0 radical (unpaired) electrons. The fraction of sp³-hybridized carbons (Fsp3) is 0.136. The number of amides is 2. The largest absolute Gasteiger partial charge is 0.495 e. The summed E-state index contributed by atoms with van der Waals surface area (Å²) in [4.78, 5) is 26.8. The predicted octanol–water partition coefficient (Wildman–Crippen LogP) is 2.52. The molecular weight excluding hydrogens is 451 g/mol. The van der Waals surface area contributed by atoms with Gasteiger partial charge in [0, 0.05) is 24.0 Å². The van der Waals surface area contributed by atoms with E-state index in [1.54, 1.807) is 17.0 Å². The molecule has 2 aromatic rings. The van der Waals surface area contributed by atoms with Crippen molar-refractivity contribution in [2.45, 2.75) is 0 Å². The van der Waals surface area contributed by atoms with Crippen LogP contribution in [0.4, 0.5) is 15.8 Å². The van der Waals surface area contributed by atoms with E-state index >= 15 is 0 Å². The number of carbonyl (C=O) groups excluding carboxylic acids is 2. The smallest absolute Gasteiger partial charge is 0.257 e. The van der Waals surface area contributed by atoms with Gasteiger partial charge in [-0.2, -0.15) is 0 Å². The Hall–Kier alpha value is -3.99. The normalized spacial score (nSPS) is 16.2. The van der Waals surface area contributed by atoms with Gasteiger partial charge in [-0.3, -0.25) is 9.59 Å². The van der Waals surface area contributed by atoms with Crippen LogP contribution < -0.4 is 15.4 Å². The van der Waals surface area contributed by atoms with Crippen LogP contribution in [0.5, 0.6) is 5.75 Å². The standard InChI is InChI=1S/C22H19FN4O5S/c1-32-19-7-6-17(12-18(19)25-21(28)14-3-2-4-16(23)11-14)24-22(29)15-5-8-20-26-33(30,31)10-9-27(20)13-15/h2-8,11-13H,9-10H2,1H3,(H,24,29)(H,25,28). The van der Waals surface area contributed by atoms with Gasteiger partial charge in [-0.15, -0.1) is 4.40 Å². The highest BCUT2D eigenvalue weighted by molar-refractivity contribution is 7.90. The first-order valence-corrected chi connectivity index (χ1v) is 11.4. The molecule has 2 heterocycles. The molecule has 0 bridgehead atoms. The Balaban J connectivity index is 1.51. The van der Waals surface area contributed by atoms with Crippen molar-refractivity contribution < 1.29 is 27.1 Å². The summed E-state index contributed by atoms with van der Waals surface area (Å²) >= 11 is 0. The van der Waals surface area contributed by atoms with Gasteiger partial charge in [0.25, 0.3) is 21.8 Å². The summed E-state index contributed by atoms with van der Waals surface area (Å²) in [5, 5.41) is 5.38. The summed E-state index contributed by atoms with van der Waals surface area (Å²) < 4.78 is 45.6. The number of amidine groups is 1. The van der Waals surface area contributed by atoms with Crippen molar-refractivity contribution in [1.29, 1.82) is 0 Å².